The van der Waals surface area contributed by atoms with Crippen molar-refractivity contribution in [2.45, 2.75) is 25.4 Å². The van der Waals surface area contributed by atoms with Crippen molar-refractivity contribution < 1.29 is 18.0 Å². The molecule has 0 unspecified atom stereocenters. The minimum atomic E-state index is -4.45. The van der Waals surface area contributed by atoms with Crippen molar-refractivity contribution in [3.63, 3.8) is 0 Å². The van der Waals surface area contributed by atoms with Crippen molar-refractivity contribution in [1.29, 1.82) is 0 Å². The van der Waals surface area contributed by atoms with Gasteiger partial charge in [0.25, 0.3) is 0 Å². The summed E-state index contributed by atoms with van der Waals surface area (Å²) in [4.78, 5) is 16.0. The summed E-state index contributed by atoms with van der Waals surface area (Å²) < 4.78 is 38.4. The first-order valence-electron chi connectivity index (χ1n) is 7.73. The Kier molecular flexibility index (Phi) is 4.85. The van der Waals surface area contributed by atoms with Gasteiger partial charge in [-0.05, 0) is 43.2 Å². The van der Waals surface area contributed by atoms with Crippen molar-refractivity contribution in [3.05, 3.63) is 47.1 Å². The summed E-state index contributed by atoms with van der Waals surface area (Å²) >= 11 is 5.95. The number of hydrogen-bond acceptors (Lipinski definition) is 3. The number of halogens is 4. The lowest BCUT2D eigenvalue weighted by atomic mass is 9.85. The molecular weight excluding hydrogens is 355 g/mol. The van der Waals surface area contributed by atoms with Gasteiger partial charge in [0, 0.05) is 5.92 Å². The normalized spacial score (nSPS) is 14.7. The fourth-order valence-electron chi connectivity index (χ4n) is 2.39. The molecule has 1 aliphatic rings. The minimum absolute atomic E-state index is 0.0449. The van der Waals surface area contributed by atoms with Gasteiger partial charge >= 0.3 is 6.18 Å². The second-order valence-electron chi connectivity index (χ2n) is 5.87. The molecule has 1 saturated carbocycles. The van der Waals surface area contributed by atoms with Gasteiger partial charge in [-0.1, -0.05) is 18.0 Å². The maximum Gasteiger partial charge on any atom is 0.416 e. The van der Waals surface area contributed by atoms with E-state index < -0.39 is 11.7 Å². The fraction of sp³-hybridized carbons (Fsp3) is 0.294. The molecule has 3 rings (SSSR count). The van der Waals surface area contributed by atoms with Crippen molar-refractivity contribution in [1.82, 2.24) is 4.98 Å². The Balaban J connectivity index is 1.70. The molecule has 25 heavy (non-hydrogen) atoms. The zero-order valence-electron chi connectivity index (χ0n) is 13.0. The van der Waals surface area contributed by atoms with Crippen molar-refractivity contribution in [2.75, 3.05) is 10.6 Å². The van der Waals surface area contributed by atoms with Crippen LogP contribution in [0.2, 0.25) is 5.02 Å². The molecule has 1 aromatic carbocycles. The molecule has 0 aliphatic heterocycles. The molecule has 132 valence electrons. The highest BCUT2D eigenvalue weighted by atomic mass is 35.5. The summed E-state index contributed by atoms with van der Waals surface area (Å²) in [5, 5.41) is 5.69. The third kappa shape index (κ3) is 4.22. The molecule has 8 heteroatoms. The van der Waals surface area contributed by atoms with Crippen LogP contribution < -0.4 is 10.6 Å². The number of nitrogens with one attached hydrogen (secondary N) is 2. The molecule has 0 radical (unpaired) electrons. The van der Waals surface area contributed by atoms with E-state index in [0.717, 1.165) is 31.4 Å². The number of amides is 1. The van der Waals surface area contributed by atoms with Gasteiger partial charge in [0.05, 0.1) is 28.2 Å². The molecule has 1 heterocycles. The van der Waals surface area contributed by atoms with E-state index in [1.165, 1.54) is 12.3 Å². The lowest BCUT2D eigenvalue weighted by Crippen LogP contribution is -2.28. The van der Waals surface area contributed by atoms with E-state index in [4.69, 9.17) is 11.6 Å². The van der Waals surface area contributed by atoms with E-state index >= 15 is 0 Å². The van der Waals surface area contributed by atoms with Crippen molar-refractivity contribution >= 4 is 34.7 Å². The third-order valence-electron chi connectivity index (χ3n) is 4.06. The monoisotopic (exact) mass is 369 g/mol. The molecule has 2 aromatic rings. The summed E-state index contributed by atoms with van der Waals surface area (Å²) in [6.45, 7) is 0. The topological polar surface area (TPSA) is 54.0 Å². The van der Waals surface area contributed by atoms with Crippen LogP contribution in [0.4, 0.5) is 30.4 Å². The van der Waals surface area contributed by atoms with Crippen LogP contribution in [-0.4, -0.2) is 10.9 Å². The SMILES string of the molecule is O=C(Nc1ccc(Nc2cc(C(F)(F)F)ccc2Cl)cn1)C1CCC1. The van der Waals surface area contributed by atoms with Crippen LogP contribution in [0.25, 0.3) is 0 Å². The molecule has 0 bridgehead atoms. The minimum Gasteiger partial charge on any atom is -0.353 e. The second kappa shape index (κ2) is 6.92. The van der Waals surface area contributed by atoms with Gasteiger partial charge < -0.3 is 10.6 Å². The Hall–Kier alpha value is -2.28. The Labute approximate surface area is 147 Å². The Morgan fingerprint density at radius 1 is 1.20 bits per heavy atom. The summed E-state index contributed by atoms with van der Waals surface area (Å²) in [6.07, 6.45) is -0.187. The maximum atomic E-state index is 12.8. The zero-order chi connectivity index (χ0) is 18.0. The van der Waals surface area contributed by atoms with Gasteiger partial charge in [0.15, 0.2) is 0 Å². The summed E-state index contributed by atoms with van der Waals surface area (Å²) in [5.41, 5.74) is -0.204. The number of aromatic nitrogens is 1. The van der Waals surface area contributed by atoms with E-state index in [0.29, 0.717) is 11.5 Å². The van der Waals surface area contributed by atoms with Crippen LogP contribution >= 0.6 is 11.6 Å². The number of carbonyl (C=O) groups is 1. The molecule has 4 nitrogen and oxygen atoms in total. The summed E-state index contributed by atoms with van der Waals surface area (Å²) in [5.74, 6) is 0.390. The van der Waals surface area contributed by atoms with Crippen LogP contribution in [0.15, 0.2) is 36.5 Å². The lowest BCUT2D eigenvalue weighted by molar-refractivity contribution is -0.137. The first-order valence-corrected chi connectivity index (χ1v) is 8.11. The molecule has 1 aromatic heterocycles. The third-order valence-corrected chi connectivity index (χ3v) is 4.39. The molecule has 1 amide bonds. The predicted octanol–water partition coefficient (Wildman–Crippen LogP) is 5.24. The lowest BCUT2D eigenvalue weighted by Gasteiger charge is -2.23. The molecule has 1 aliphatic carbocycles. The van der Waals surface area contributed by atoms with Gasteiger partial charge in [-0.3, -0.25) is 4.79 Å². The molecule has 2 N–H and O–H groups in total. The van der Waals surface area contributed by atoms with Gasteiger partial charge in [-0.2, -0.15) is 13.2 Å². The maximum absolute atomic E-state index is 12.8. The van der Waals surface area contributed by atoms with E-state index in [1.54, 1.807) is 12.1 Å². The van der Waals surface area contributed by atoms with Crippen LogP contribution in [0.5, 0.6) is 0 Å². The number of benzene rings is 1. The number of rotatable bonds is 4. The largest absolute Gasteiger partial charge is 0.416 e. The first kappa shape index (κ1) is 17.5. The van der Waals surface area contributed by atoms with Gasteiger partial charge in [-0.15, -0.1) is 0 Å². The van der Waals surface area contributed by atoms with Gasteiger partial charge in [0.1, 0.15) is 5.82 Å². The van der Waals surface area contributed by atoms with Gasteiger partial charge in [-0.25, -0.2) is 4.98 Å². The second-order valence-corrected chi connectivity index (χ2v) is 6.27. The van der Waals surface area contributed by atoms with Crippen molar-refractivity contribution in [2.24, 2.45) is 5.92 Å². The highest BCUT2D eigenvalue weighted by molar-refractivity contribution is 6.33. The van der Waals surface area contributed by atoms with Crippen molar-refractivity contribution in [3.8, 4) is 0 Å². The average molecular weight is 370 g/mol. The van der Waals surface area contributed by atoms with Crippen LogP contribution in [0.1, 0.15) is 24.8 Å². The van der Waals surface area contributed by atoms with E-state index in [2.05, 4.69) is 15.6 Å². The molecule has 0 spiro atoms. The summed E-state index contributed by atoms with van der Waals surface area (Å²) in [7, 11) is 0. The van der Waals surface area contributed by atoms with E-state index in [1.807, 2.05) is 0 Å². The summed E-state index contributed by atoms with van der Waals surface area (Å²) in [6, 6.07) is 6.24. The molecule has 1 fully saturated rings. The number of carbonyl (C=O) groups excluding carboxylic acids is 1. The quantitative estimate of drug-likeness (QED) is 0.775. The number of pyridine rings is 1. The molecule has 0 saturated heterocycles. The predicted molar refractivity (Wildman–Crippen MR) is 89.9 cm³/mol. The first-order chi connectivity index (χ1) is 11.8. The fourth-order valence-corrected chi connectivity index (χ4v) is 2.56. The zero-order valence-corrected chi connectivity index (χ0v) is 13.8. The molecular formula is C17H15ClF3N3O. The standard InChI is InChI=1S/C17H15ClF3N3O/c18-13-6-4-11(17(19,20)21)8-14(13)23-12-5-7-15(22-9-12)24-16(25)10-2-1-3-10/h4-10,23H,1-3H2,(H,22,24,25). The smallest absolute Gasteiger partial charge is 0.353 e. The van der Waals surface area contributed by atoms with Crippen LogP contribution in [-0.2, 0) is 11.0 Å². The van der Waals surface area contributed by atoms with E-state index in [9.17, 15) is 18.0 Å². The van der Waals surface area contributed by atoms with Crippen LogP contribution in [0.3, 0.4) is 0 Å². The highest BCUT2D eigenvalue weighted by Gasteiger charge is 2.31. The Bertz CT molecular complexity index is 774. The number of hydrogen-bond donors (Lipinski definition) is 2. The molecule has 0 atom stereocenters. The highest BCUT2D eigenvalue weighted by Crippen LogP contribution is 2.35. The van der Waals surface area contributed by atoms with E-state index in [-0.39, 0.29) is 22.5 Å². The van der Waals surface area contributed by atoms with Crippen LogP contribution in [0, 0.1) is 5.92 Å². The number of alkyl halides is 3. The Morgan fingerprint density at radius 3 is 2.52 bits per heavy atom. The number of nitrogens with zero attached hydrogens (tertiary/aromatic N) is 1. The van der Waals surface area contributed by atoms with Gasteiger partial charge in [0.2, 0.25) is 5.91 Å². The Morgan fingerprint density at radius 2 is 1.96 bits per heavy atom. The average Bonchev–Trinajstić information content (AvgIpc) is 2.48. The number of anilines is 3.